The molecule has 0 radical (unpaired) electrons. The lowest BCUT2D eigenvalue weighted by molar-refractivity contribution is -0.693. The van der Waals surface area contributed by atoms with Crippen molar-refractivity contribution in [3.8, 4) is 0 Å². The smallest absolute Gasteiger partial charge is 0.252 e. The average Bonchev–Trinajstić information content (AvgIpc) is 2.69. The number of nitrogens with zero attached hydrogens (tertiary/aromatic N) is 2. The third-order valence-electron chi connectivity index (χ3n) is 7.27. The van der Waals surface area contributed by atoms with Gasteiger partial charge in [0.25, 0.3) is 11.8 Å². The van der Waals surface area contributed by atoms with Crippen LogP contribution in [0, 0.1) is 9.81 Å². The van der Waals surface area contributed by atoms with Gasteiger partial charge in [-0.1, -0.05) is 12.1 Å². The van der Waals surface area contributed by atoms with E-state index in [2.05, 4.69) is 10.6 Å². The highest BCUT2D eigenvalue weighted by atomic mass is 16.3. The van der Waals surface area contributed by atoms with Crippen molar-refractivity contribution < 1.29 is 19.1 Å². The zero-order chi connectivity index (χ0) is 25.7. The number of benzene rings is 1. The van der Waals surface area contributed by atoms with Gasteiger partial charge in [0.1, 0.15) is 0 Å². The number of amides is 2. The van der Waals surface area contributed by atoms with Crippen molar-refractivity contribution in [1.29, 1.82) is 0 Å². The molecule has 2 aliphatic rings. The van der Waals surface area contributed by atoms with Crippen molar-refractivity contribution in [2.75, 3.05) is 0 Å². The minimum absolute atomic E-state index is 0.179. The van der Waals surface area contributed by atoms with Gasteiger partial charge < -0.3 is 10.6 Å². The SMILES string of the molecule is CC1(C)CC(NC(=O)c2ccccc2C(=O)NC2CC(C)(C)[N+](=O)C(C)(C)C2)CC(C)(C)[N+]1=O. The lowest BCUT2D eigenvalue weighted by Gasteiger charge is -2.37. The third kappa shape index (κ3) is 5.05. The Kier molecular flexibility index (Phi) is 6.52. The summed E-state index contributed by atoms with van der Waals surface area (Å²) in [5, 5.41) is 6.13. The van der Waals surface area contributed by atoms with E-state index >= 15 is 0 Å². The van der Waals surface area contributed by atoms with Gasteiger partial charge in [-0.3, -0.25) is 9.59 Å². The molecular formula is C26H40N4O4+2. The van der Waals surface area contributed by atoms with Gasteiger partial charge >= 0.3 is 0 Å². The van der Waals surface area contributed by atoms with Crippen LogP contribution in [0.2, 0.25) is 0 Å². The highest BCUT2D eigenvalue weighted by Crippen LogP contribution is 2.35. The lowest BCUT2D eigenvalue weighted by Crippen LogP contribution is -2.59. The second-order valence-corrected chi connectivity index (χ2v) is 12.5. The number of nitroso groups, excluding NO2 is 2. The molecule has 34 heavy (non-hydrogen) atoms. The Bertz CT molecular complexity index is 904. The molecular weight excluding hydrogens is 432 g/mol. The van der Waals surface area contributed by atoms with Gasteiger partial charge in [-0.05, 0) is 12.1 Å². The van der Waals surface area contributed by atoms with Crippen molar-refractivity contribution in [2.24, 2.45) is 0 Å². The maximum Gasteiger partial charge on any atom is 0.252 e. The van der Waals surface area contributed by atoms with Crippen LogP contribution in [0.25, 0.3) is 0 Å². The Morgan fingerprint density at radius 3 is 1.18 bits per heavy atom. The molecule has 1 aromatic carbocycles. The number of piperidine rings is 2. The first-order valence-corrected chi connectivity index (χ1v) is 12.1. The predicted molar refractivity (Wildman–Crippen MR) is 131 cm³/mol. The number of hydrogen-bond acceptors (Lipinski definition) is 4. The van der Waals surface area contributed by atoms with E-state index in [0.29, 0.717) is 36.8 Å². The second kappa shape index (κ2) is 8.54. The molecule has 0 aliphatic carbocycles. The number of hydrogen-bond donors (Lipinski definition) is 2. The summed E-state index contributed by atoms with van der Waals surface area (Å²) in [7, 11) is 0. The highest BCUT2D eigenvalue weighted by molar-refractivity contribution is 6.07. The van der Waals surface area contributed by atoms with Crippen LogP contribution in [-0.4, -0.2) is 55.6 Å². The molecule has 0 atom stereocenters. The quantitative estimate of drug-likeness (QED) is 0.644. The van der Waals surface area contributed by atoms with Gasteiger partial charge in [-0.2, -0.15) is 0 Å². The van der Waals surface area contributed by atoms with Gasteiger partial charge in [-0.25, -0.2) is 0 Å². The normalized spacial score (nSPS) is 23.9. The van der Waals surface area contributed by atoms with Crippen LogP contribution < -0.4 is 10.6 Å². The molecule has 0 unspecified atom stereocenters. The first-order valence-electron chi connectivity index (χ1n) is 12.1. The molecule has 2 heterocycles. The average molecular weight is 473 g/mol. The molecule has 2 saturated heterocycles. The molecule has 1 aromatic rings. The maximum atomic E-state index is 13.3. The number of carbonyl (C=O) groups is 2. The highest BCUT2D eigenvalue weighted by Gasteiger charge is 2.55. The van der Waals surface area contributed by atoms with Crippen LogP contribution in [-0.2, 0) is 0 Å². The van der Waals surface area contributed by atoms with Crippen molar-refractivity contribution in [3.05, 3.63) is 45.2 Å². The summed E-state index contributed by atoms with van der Waals surface area (Å²) in [4.78, 5) is 51.8. The fraction of sp³-hybridized carbons (Fsp3) is 0.692. The molecule has 8 nitrogen and oxygen atoms in total. The van der Waals surface area contributed by atoms with E-state index in [1.54, 1.807) is 24.3 Å². The summed E-state index contributed by atoms with van der Waals surface area (Å²) in [5.41, 5.74) is -1.81. The van der Waals surface area contributed by atoms with Gasteiger partial charge in [0.05, 0.1) is 11.1 Å². The maximum absolute atomic E-state index is 13.3. The predicted octanol–water partition coefficient (Wildman–Crippen LogP) is 4.14. The molecule has 2 amide bonds. The van der Waals surface area contributed by atoms with Crippen LogP contribution in [0.5, 0.6) is 0 Å². The molecule has 0 spiro atoms. The Hall–Kier alpha value is -2.64. The van der Waals surface area contributed by atoms with E-state index < -0.39 is 22.2 Å². The van der Waals surface area contributed by atoms with Crippen molar-refractivity contribution >= 4 is 11.8 Å². The summed E-state index contributed by atoms with van der Waals surface area (Å²) in [5.74, 6) is -0.645. The number of rotatable bonds is 4. The van der Waals surface area contributed by atoms with Gasteiger partial charge in [0.2, 0.25) is 22.2 Å². The standard InChI is InChI=1S/C26H38N4O4/c1-23(2)13-17(14-24(3,4)29(23)33)27-21(31)19-11-9-10-12-20(19)22(32)28-18-15-25(5,6)30(34)26(7,8)16-18/h9-12,17-18H,13-16H2,1-8H3/p+2. The molecule has 2 aliphatic heterocycles. The van der Waals surface area contributed by atoms with Crippen molar-refractivity contribution in [1.82, 2.24) is 10.6 Å². The third-order valence-corrected chi connectivity index (χ3v) is 7.27. The zero-order valence-electron chi connectivity index (χ0n) is 21.8. The molecule has 2 fully saturated rings. The van der Waals surface area contributed by atoms with E-state index in [1.165, 1.54) is 0 Å². The van der Waals surface area contributed by atoms with Gasteiger partial charge in [0.15, 0.2) is 0 Å². The van der Waals surface area contributed by atoms with E-state index in [1.807, 2.05) is 55.4 Å². The van der Waals surface area contributed by atoms with Crippen LogP contribution in [0.3, 0.4) is 0 Å². The van der Waals surface area contributed by atoms with Crippen LogP contribution in [0.15, 0.2) is 24.3 Å². The lowest BCUT2D eigenvalue weighted by atomic mass is 9.79. The second-order valence-electron chi connectivity index (χ2n) is 12.5. The van der Waals surface area contributed by atoms with Crippen LogP contribution in [0.4, 0.5) is 0 Å². The number of nitrogens with one attached hydrogen (secondary N) is 2. The topological polar surface area (TPSA) is 98.4 Å². The molecule has 3 rings (SSSR count). The molecule has 0 bridgehead atoms. The van der Waals surface area contributed by atoms with E-state index in [-0.39, 0.29) is 23.9 Å². The minimum atomic E-state index is -0.605. The number of carbonyl (C=O) groups excluding carboxylic acids is 2. The van der Waals surface area contributed by atoms with E-state index in [0.717, 1.165) is 9.52 Å². The van der Waals surface area contributed by atoms with Crippen molar-refractivity contribution in [2.45, 2.75) is 115 Å². The molecule has 0 saturated carbocycles. The van der Waals surface area contributed by atoms with Crippen LogP contribution >= 0.6 is 0 Å². The summed E-state index contributed by atoms with van der Waals surface area (Å²) in [6, 6.07) is 6.42. The van der Waals surface area contributed by atoms with E-state index in [9.17, 15) is 19.4 Å². The Morgan fingerprint density at radius 1 is 0.647 bits per heavy atom. The zero-order valence-corrected chi connectivity index (χ0v) is 21.8. The first kappa shape index (κ1) is 26.0. The summed E-state index contributed by atoms with van der Waals surface area (Å²) >= 11 is 0. The molecule has 0 aromatic heterocycles. The summed E-state index contributed by atoms with van der Waals surface area (Å²) < 4.78 is 2.25. The fourth-order valence-corrected chi connectivity index (χ4v) is 6.14. The Morgan fingerprint density at radius 2 is 0.912 bits per heavy atom. The fourth-order valence-electron chi connectivity index (χ4n) is 6.14. The Balaban J connectivity index is 1.77. The Labute approximate surface area is 202 Å². The van der Waals surface area contributed by atoms with Crippen molar-refractivity contribution in [3.63, 3.8) is 0 Å². The van der Waals surface area contributed by atoms with Crippen LogP contribution in [0.1, 0.15) is 102 Å². The van der Waals surface area contributed by atoms with Gasteiger partial charge in [-0.15, -0.1) is 0 Å². The monoisotopic (exact) mass is 472 g/mol. The summed E-state index contributed by atoms with van der Waals surface area (Å²) in [6.45, 7) is 15.1. The minimum Gasteiger partial charge on any atom is -0.349 e. The molecule has 2 N–H and O–H groups in total. The molecule has 186 valence electrons. The van der Waals surface area contributed by atoms with E-state index in [4.69, 9.17) is 0 Å². The van der Waals surface area contributed by atoms with Gasteiger partial charge in [0, 0.05) is 112 Å². The first-order chi connectivity index (χ1) is 15.5. The largest absolute Gasteiger partial charge is 0.349 e. The molecule has 8 heteroatoms. The summed E-state index contributed by atoms with van der Waals surface area (Å²) in [6.07, 6.45) is 2.10.